The summed E-state index contributed by atoms with van der Waals surface area (Å²) in [4.78, 5) is 12.3. The molecule has 4 rings (SSSR count). The van der Waals surface area contributed by atoms with E-state index in [9.17, 15) is 4.79 Å². The Bertz CT molecular complexity index is 801. The molecular formula is C20H21NO3. The fourth-order valence-electron chi connectivity index (χ4n) is 3.84. The molecule has 0 aliphatic carbocycles. The van der Waals surface area contributed by atoms with E-state index in [1.165, 1.54) is 18.4 Å². The Kier molecular flexibility index (Phi) is 3.77. The standard InChI is InChI=1S/C20H21NO3/c1-21-11-3-4-17(21)14-7-5-13(6-8-14)16-12-15-9-10-18(24-15)19(16)20(22)23-2/h3-8,11,15,18H,9-10,12H2,1-2H3/t15-,18+/m0/s1. The van der Waals surface area contributed by atoms with Crippen molar-refractivity contribution in [2.45, 2.75) is 31.5 Å². The average molecular weight is 323 g/mol. The van der Waals surface area contributed by atoms with Gasteiger partial charge in [0.05, 0.1) is 24.9 Å². The molecule has 0 spiro atoms. The summed E-state index contributed by atoms with van der Waals surface area (Å²) >= 11 is 0. The van der Waals surface area contributed by atoms with Crippen LogP contribution in [0, 0.1) is 0 Å². The summed E-state index contributed by atoms with van der Waals surface area (Å²) in [6.07, 6.45) is 4.85. The van der Waals surface area contributed by atoms with Gasteiger partial charge < -0.3 is 14.0 Å². The van der Waals surface area contributed by atoms with Crippen LogP contribution in [-0.2, 0) is 21.3 Å². The predicted octanol–water partition coefficient (Wildman–Crippen LogP) is 3.57. The Morgan fingerprint density at radius 3 is 2.58 bits per heavy atom. The Labute approximate surface area is 141 Å². The summed E-state index contributed by atoms with van der Waals surface area (Å²) in [5.41, 5.74) is 5.22. The van der Waals surface area contributed by atoms with Crippen LogP contribution in [0.1, 0.15) is 24.8 Å². The predicted molar refractivity (Wildman–Crippen MR) is 92.3 cm³/mol. The van der Waals surface area contributed by atoms with Gasteiger partial charge >= 0.3 is 5.97 Å². The van der Waals surface area contributed by atoms with Gasteiger partial charge in [-0.15, -0.1) is 0 Å². The third-order valence-electron chi connectivity index (χ3n) is 5.06. The fraction of sp³-hybridized carbons (Fsp3) is 0.350. The first-order valence-corrected chi connectivity index (χ1v) is 8.36. The van der Waals surface area contributed by atoms with Crippen LogP contribution < -0.4 is 0 Å². The molecule has 2 aromatic rings. The molecule has 1 aromatic heterocycles. The van der Waals surface area contributed by atoms with E-state index in [0.29, 0.717) is 5.57 Å². The summed E-state index contributed by atoms with van der Waals surface area (Å²) < 4.78 is 13.0. The molecule has 2 bridgehead atoms. The van der Waals surface area contributed by atoms with Crippen LogP contribution in [0.4, 0.5) is 0 Å². The van der Waals surface area contributed by atoms with Crippen molar-refractivity contribution in [2.75, 3.05) is 7.11 Å². The number of fused-ring (bicyclic) bond motifs is 2. The van der Waals surface area contributed by atoms with Crippen LogP contribution in [0.25, 0.3) is 16.8 Å². The lowest BCUT2D eigenvalue weighted by Crippen LogP contribution is -2.26. The maximum Gasteiger partial charge on any atom is 0.336 e. The van der Waals surface area contributed by atoms with Crippen LogP contribution >= 0.6 is 0 Å². The molecule has 0 N–H and O–H groups in total. The molecule has 0 amide bonds. The molecular weight excluding hydrogens is 302 g/mol. The minimum Gasteiger partial charge on any atom is -0.466 e. The maximum absolute atomic E-state index is 12.3. The van der Waals surface area contributed by atoms with Crippen LogP contribution in [0.2, 0.25) is 0 Å². The van der Waals surface area contributed by atoms with Crippen LogP contribution in [-0.4, -0.2) is 29.9 Å². The number of hydrogen-bond donors (Lipinski definition) is 0. The third-order valence-corrected chi connectivity index (χ3v) is 5.06. The van der Waals surface area contributed by atoms with Crippen LogP contribution in [0.5, 0.6) is 0 Å². The SMILES string of the molecule is COC(=O)C1=C(c2ccc(-c3cccn3C)cc2)C[C@@H]2CC[C@H]1O2. The fourth-order valence-corrected chi connectivity index (χ4v) is 3.84. The molecule has 4 heteroatoms. The number of carbonyl (C=O) groups is 1. The zero-order valence-corrected chi connectivity index (χ0v) is 14.0. The smallest absolute Gasteiger partial charge is 0.336 e. The van der Waals surface area contributed by atoms with E-state index in [4.69, 9.17) is 9.47 Å². The molecule has 24 heavy (non-hydrogen) atoms. The molecule has 0 saturated carbocycles. The second-order valence-electron chi connectivity index (χ2n) is 6.49. The number of esters is 1. The highest BCUT2D eigenvalue weighted by molar-refractivity contribution is 5.99. The molecule has 1 saturated heterocycles. The Balaban J connectivity index is 1.73. The average Bonchev–Trinajstić information content (AvgIpc) is 3.20. The van der Waals surface area contributed by atoms with Crippen molar-refractivity contribution >= 4 is 11.5 Å². The maximum atomic E-state index is 12.3. The van der Waals surface area contributed by atoms with E-state index in [1.807, 2.05) is 19.3 Å². The number of rotatable bonds is 3. The van der Waals surface area contributed by atoms with Crippen molar-refractivity contribution in [3.63, 3.8) is 0 Å². The number of aromatic nitrogens is 1. The highest BCUT2D eigenvalue weighted by Crippen LogP contribution is 2.41. The number of benzene rings is 1. The monoisotopic (exact) mass is 323 g/mol. The Morgan fingerprint density at radius 2 is 1.92 bits per heavy atom. The topological polar surface area (TPSA) is 40.5 Å². The van der Waals surface area contributed by atoms with Gasteiger partial charge in [0.15, 0.2) is 0 Å². The van der Waals surface area contributed by atoms with E-state index >= 15 is 0 Å². The molecule has 1 fully saturated rings. The lowest BCUT2D eigenvalue weighted by Gasteiger charge is -2.26. The van der Waals surface area contributed by atoms with Gasteiger partial charge in [-0.05, 0) is 48.1 Å². The number of methoxy groups -OCH3 is 1. The Morgan fingerprint density at radius 1 is 1.17 bits per heavy atom. The van der Waals surface area contributed by atoms with Gasteiger partial charge in [-0.25, -0.2) is 4.79 Å². The summed E-state index contributed by atoms with van der Waals surface area (Å²) in [7, 11) is 3.48. The first kappa shape index (κ1) is 15.2. The van der Waals surface area contributed by atoms with Gasteiger partial charge in [0, 0.05) is 18.9 Å². The van der Waals surface area contributed by atoms with E-state index in [1.54, 1.807) is 0 Å². The lowest BCUT2D eigenvalue weighted by atomic mass is 9.91. The van der Waals surface area contributed by atoms with Crippen molar-refractivity contribution in [1.29, 1.82) is 0 Å². The molecule has 4 nitrogen and oxygen atoms in total. The van der Waals surface area contributed by atoms with Gasteiger partial charge in [0.2, 0.25) is 0 Å². The zero-order chi connectivity index (χ0) is 16.7. The van der Waals surface area contributed by atoms with Gasteiger partial charge in [0.1, 0.15) is 0 Å². The summed E-state index contributed by atoms with van der Waals surface area (Å²) in [6, 6.07) is 12.6. The molecule has 2 aliphatic heterocycles. The number of nitrogens with zero attached hydrogens (tertiary/aromatic N) is 1. The molecule has 0 unspecified atom stereocenters. The van der Waals surface area contributed by atoms with Crippen molar-refractivity contribution in [3.05, 3.63) is 53.7 Å². The van der Waals surface area contributed by atoms with Crippen molar-refractivity contribution < 1.29 is 14.3 Å². The van der Waals surface area contributed by atoms with Gasteiger partial charge in [-0.2, -0.15) is 0 Å². The molecule has 2 aliphatic rings. The molecule has 1 aromatic carbocycles. The van der Waals surface area contributed by atoms with Crippen molar-refractivity contribution in [2.24, 2.45) is 7.05 Å². The highest BCUT2D eigenvalue weighted by atomic mass is 16.5. The van der Waals surface area contributed by atoms with E-state index in [0.717, 1.165) is 30.4 Å². The van der Waals surface area contributed by atoms with Gasteiger partial charge in [-0.3, -0.25) is 0 Å². The second-order valence-corrected chi connectivity index (χ2v) is 6.49. The number of ether oxygens (including phenoxy) is 2. The first-order valence-electron chi connectivity index (χ1n) is 8.36. The molecule has 2 atom stereocenters. The van der Waals surface area contributed by atoms with Crippen molar-refractivity contribution in [3.8, 4) is 11.3 Å². The minimum atomic E-state index is -0.262. The Hall–Kier alpha value is -2.33. The summed E-state index contributed by atoms with van der Waals surface area (Å²) in [5.74, 6) is -0.262. The summed E-state index contributed by atoms with van der Waals surface area (Å²) in [5, 5.41) is 0. The number of hydrogen-bond acceptors (Lipinski definition) is 3. The van der Waals surface area contributed by atoms with Crippen LogP contribution in [0.3, 0.4) is 0 Å². The van der Waals surface area contributed by atoms with E-state index in [2.05, 4.69) is 34.9 Å². The number of carbonyl (C=O) groups excluding carboxylic acids is 1. The molecule has 124 valence electrons. The molecule has 0 radical (unpaired) electrons. The highest BCUT2D eigenvalue weighted by Gasteiger charge is 2.39. The largest absolute Gasteiger partial charge is 0.466 e. The first-order chi connectivity index (χ1) is 11.7. The summed E-state index contributed by atoms with van der Waals surface area (Å²) in [6.45, 7) is 0. The second kappa shape index (κ2) is 5.95. The number of aryl methyl sites for hydroxylation is 1. The van der Waals surface area contributed by atoms with E-state index < -0.39 is 0 Å². The van der Waals surface area contributed by atoms with Crippen LogP contribution in [0.15, 0.2) is 48.2 Å². The van der Waals surface area contributed by atoms with Crippen molar-refractivity contribution in [1.82, 2.24) is 4.57 Å². The lowest BCUT2D eigenvalue weighted by molar-refractivity contribution is -0.137. The van der Waals surface area contributed by atoms with E-state index in [-0.39, 0.29) is 18.2 Å². The normalized spacial score (nSPS) is 22.8. The van der Waals surface area contributed by atoms with Gasteiger partial charge in [-0.1, -0.05) is 24.3 Å². The minimum absolute atomic E-state index is 0.112. The van der Waals surface area contributed by atoms with Gasteiger partial charge in [0.25, 0.3) is 0 Å². The third kappa shape index (κ3) is 2.47. The quantitative estimate of drug-likeness (QED) is 0.811. The zero-order valence-electron chi connectivity index (χ0n) is 14.0. The molecule has 3 heterocycles.